The average Bonchev–Trinajstić information content (AvgIpc) is 2.88. The van der Waals surface area contributed by atoms with Gasteiger partial charge in [0.15, 0.2) is 0 Å². The van der Waals surface area contributed by atoms with Crippen LogP contribution in [0.5, 0.6) is 0 Å². The van der Waals surface area contributed by atoms with Gasteiger partial charge in [-0.1, -0.05) is 97.1 Å². The smallest absolute Gasteiger partial charge is 0.251 e. The first-order valence-electron chi connectivity index (χ1n) is 10.5. The summed E-state index contributed by atoms with van der Waals surface area (Å²) in [6.45, 7) is 0. The van der Waals surface area contributed by atoms with Gasteiger partial charge in [0.2, 0.25) is 0 Å². The van der Waals surface area contributed by atoms with Gasteiger partial charge in [-0.2, -0.15) is 0 Å². The van der Waals surface area contributed by atoms with Gasteiger partial charge in [-0.15, -0.1) is 0 Å². The lowest BCUT2D eigenvalue weighted by Gasteiger charge is -2.30. The molecule has 0 aromatic heterocycles. The zero-order valence-electron chi connectivity index (χ0n) is 17.5. The number of benzene rings is 4. The van der Waals surface area contributed by atoms with Crippen LogP contribution in [0, 0.1) is 0 Å². The summed E-state index contributed by atoms with van der Waals surface area (Å²) in [6.07, 6.45) is 0. The van der Waals surface area contributed by atoms with E-state index >= 15 is 0 Å². The molecule has 0 aliphatic rings. The van der Waals surface area contributed by atoms with E-state index in [-0.39, 0.29) is 11.8 Å². The van der Waals surface area contributed by atoms with Gasteiger partial charge >= 0.3 is 0 Å². The fourth-order valence-electron chi connectivity index (χ4n) is 3.67. The van der Waals surface area contributed by atoms with Crippen molar-refractivity contribution in [1.82, 2.24) is 10.6 Å². The molecule has 0 unspecified atom stereocenters. The normalized spacial score (nSPS) is 12.4. The summed E-state index contributed by atoms with van der Waals surface area (Å²) in [4.78, 5) is 26.2. The van der Waals surface area contributed by atoms with Crippen LogP contribution in [0.25, 0.3) is 0 Å². The maximum absolute atomic E-state index is 13.1. The number of hydrogen-bond acceptors (Lipinski definition) is 2. The Bertz CT molecular complexity index is 1050. The van der Waals surface area contributed by atoms with Crippen molar-refractivity contribution in [2.24, 2.45) is 0 Å². The van der Waals surface area contributed by atoms with E-state index in [0.29, 0.717) is 11.1 Å². The highest BCUT2D eigenvalue weighted by atomic mass is 16.2. The first-order valence-corrected chi connectivity index (χ1v) is 10.5. The second-order valence-corrected chi connectivity index (χ2v) is 7.46. The maximum Gasteiger partial charge on any atom is 0.251 e. The largest absolute Gasteiger partial charge is 0.343 e. The predicted octanol–water partition coefficient (Wildman–Crippen LogP) is 5.33. The first-order chi connectivity index (χ1) is 15.7. The van der Waals surface area contributed by atoms with Crippen molar-refractivity contribution in [2.75, 3.05) is 0 Å². The summed E-state index contributed by atoms with van der Waals surface area (Å²) in [5.41, 5.74) is 2.93. The minimum atomic E-state index is -0.473. The van der Waals surface area contributed by atoms with Gasteiger partial charge in [-0.05, 0) is 35.4 Å². The van der Waals surface area contributed by atoms with E-state index in [4.69, 9.17) is 0 Å². The number of amides is 2. The van der Waals surface area contributed by atoms with Crippen LogP contribution in [0.15, 0.2) is 121 Å². The van der Waals surface area contributed by atoms with Crippen LogP contribution in [0.3, 0.4) is 0 Å². The van der Waals surface area contributed by atoms with Crippen molar-refractivity contribution < 1.29 is 9.59 Å². The first kappa shape index (κ1) is 21.1. The average molecular weight is 421 g/mol. The molecule has 2 amide bonds. The standard InChI is InChI=1S/C28H24N2O2/c31-27(23-17-9-3-10-18-23)29-25(21-13-5-1-6-14-21)26(22-15-7-2-8-16-22)30-28(32)24-19-11-4-12-20-24/h1-20,25-26H,(H,29,31)(H,30,32)/t25-,26+. The van der Waals surface area contributed by atoms with E-state index in [1.54, 1.807) is 24.3 Å². The highest BCUT2D eigenvalue weighted by molar-refractivity contribution is 5.95. The highest BCUT2D eigenvalue weighted by Gasteiger charge is 2.28. The Morgan fingerprint density at radius 2 is 0.719 bits per heavy atom. The topological polar surface area (TPSA) is 58.2 Å². The fraction of sp³-hybridized carbons (Fsp3) is 0.0714. The van der Waals surface area contributed by atoms with Crippen molar-refractivity contribution in [3.63, 3.8) is 0 Å². The quantitative estimate of drug-likeness (QED) is 0.425. The van der Waals surface area contributed by atoms with E-state index in [0.717, 1.165) is 11.1 Å². The zero-order chi connectivity index (χ0) is 22.2. The molecule has 4 heteroatoms. The summed E-state index contributed by atoms with van der Waals surface area (Å²) < 4.78 is 0. The van der Waals surface area contributed by atoms with Gasteiger partial charge in [0.25, 0.3) is 11.8 Å². The Morgan fingerprint density at radius 3 is 1.03 bits per heavy atom. The molecule has 0 saturated heterocycles. The van der Waals surface area contributed by atoms with Gasteiger partial charge in [-0.3, -0.25) is 9.59 Å². The van der Waals surface area contributed by atoms with Gasteiger partial charge < -0.3 is 10.6 Å². The van der Waals surface area contributed by atoms with Crippen molar-refractivity contribution in [1.29, 1.82) is 0 Å². The lowest BCUT2D eigenvalue weighted by molar-refractivity contribution is 0.0881. The molecule has 4 aromatic rings. The lowest BCUT2D eigenvalue weighted by Crippen LogP contribution is -2.40. The van der Waals surface area contributed by atoms with Gasteiger partial charge in [0, 0.05) is 11.1 Å². The molecule has 2 N–H and O–H groups in total. The van der Waals surface area contributed by atoms with E-state index in [9.17, 15) is 9.59 Å². The second-order valence-electron chi connectivity index (χ2n) is 7.46. The molecule has 2 atom stereocenters. The minimum Gasteiger partial charge on any atom is -0.343 e. The van der Waals surface area contributed by atoms with E-state index in [1.807, 2.05) is 97.1 Å². The Morgan fingerprint density at radius 1 is 0.438 bits per heavy atom. The predicted molar refractivity (Wildman–Crippen MR) is 126 cm³/mol. The molecule has 32 heavy (non-hydrogen) atoms. The summed E-state index contributed by atoms with van der Waals surface area (Å²) in [6, 6.07) is 36.6. The van der Waals surface area contributed by atoms with Crippen LogP contribution in [0.2, 0.25) is 0 Å². The lowest BCUT2D eigenvalue weighted by atomic mass is 9.92. The zero-order valence-corrected chi connectivity index (χ0v) is 17.5. The SMILES string of the molecule is O=C(N[C@H](c1ccccc1)[C@@H](NC(=O)c1ccccc1)c1ccccc1)c1ccccc1. The number of nitrogens with one attached hydrogen (secondary N) is 2. The third-order valence-corrected chi connectivity index (χ3v) is 5.30. The molecule has 0 spiro atoms. The fourth-order valence-corrected chi connectivity index (χ4v) is 3.67. The molecule has 0 heterocycles. The molecule has 4 rings (SSSR count). The Labute approximate surface area is 187 Å². The molecule has 0 fully saturated rings. The van der Waals surface area contributed by atoms with Crippen LogP contribution in [0.4, 0.5) is 0 Å². The third-order valence-electron chi connectivity index (χ3n) is 5.30. The highest BCUT2D eigenvalue weighted by Crippen LogP contribution is 2.30. The molecule has 0 aliphatic heterocycles. The Hall–Kier alpha value is -4.18. The molecule has 4 aromatic carbocycles. The molecule has 0 bridgehead atoms. The number of carbonyl (C=O) groups is 2. The number of carbonyl (C=O) groups excluding carboxylic acids is 2. The molecule has 0 aliphatic carbocycles. The maximum atomic E-state index is 13.1. The summed E-state index contributed by atoms with van der Waals surface area (Å²) >= 11 is 0. The molecular formula is C28H24N2O2. The van der Waals surface area contributed by atoms with Crippen molar-refractivity contribution >= 4 is 11.8 Å². The minimum absolute atomic E-state index is 0.200. The van der Waals surface area contributed by atoms with Gasteiger partial charge in [-0.25, -0.2) is 0 Å². The van der Waals surface area contributed by atoms with E-state index in [2.05, 4.69) is 10.6 Å². The Kier molecular flexibility index (Phi) is 6.73. The van der Waals surface area contributed by atoms with E-state index in [1.165, 1.54) is 0 Å². The summed E-state index contributed by atoms with van der Waals surface area (Å²) in [5, 5.41) is 6.30. The Balaban J connectivity index is 1.72. The second kappa shape index (κ2) is 10.2. The third kappa shape index (κ3) is 5.10. The van der Waals surface area contributed by atoms with Gasteiger partial charge in [0.05, 0.1) is 12.1 Å². The number of rotatable bonds is 7. The van der Waals surface area contributed by atoms with Crippen LogP contribution < -0.4 is 10.6 Å². The van der Waals surface area contributed by atoms with E-state index < -0.39 is 12.1 Å². The summed E-state index contributed by atoms with van der Waals surface area (Å²) in [7, 11) is 0. The van der Waals surface area contributed by atoms with Crippen molar-refractivity contribution in [2.45, 2.75) is 12.1 Å². The summed E-state index contributed by atoms with van der Waals surface area (Å²) in [5.74, 6) is -0.399. The van der Waals surface area contributed by atoms with Crippen LogP contribution in [-0.2, 0) is 0 Å². The molecule has 0 saturated carbocycles. The molecule has 158 valence electrons. The molecular weight excluding hydrogens is 396 g/mol. The van der Waals surface area contributed by atoms with Crippen molar-refractivity contribution in [3.8, 4) is 0 Å². The monoisotopic (exact) mass is 420 g/mol. The van der Waals surface area contributed by atoms with Crippen LogP contribution in [-0.4, -0.2) is 11.8 Å². The number of hydrogen-bond donors (Lipinski definition) is 2. The van der Waals surface area contributed by atoms with Crippen molar-refractivity contribution in [3.05, 3.63) is 144 Å². The van der Waals surface area contributed by atoms with Crippen LogP contribution in [0.1, 0.15) is 43.9 Å². The van der Waals surface area contributed by atoms with Crippen LogP contribution >= 0.6 is 0 Å². The van der Waals surface area contributed by atoms with Gasteiger partial charge in [0.1, 0.15) is 0 Å². The molecule has 0 radical (unpaired) electrons. The molecule has 4 nitrogen and oxygen atoms in total.